The lowest BCUT2D eigenvalue weighted by molar-refractivity contribution is -0.138. The number of aldehydes is 1. The Hall–Kier alpha value is -8.49. The molecule has 4 atom stereocenters. The summed E-state index contributed by atoms with van der Waals surface area (Å²) in [5, 5.41) is 9.38. The first-order chi connectivity index (χ1) is 39.0. The van der Waals surface area contributed by atoms with Crippen LogP contribution in [0.15, 0.2) is 203 Å². The highest BCUT2D eigenvalue weighted by atomic mass is 16.5. The highest BCUT2D eigenvalue weighted by molar-refractivity contribution is 6.20. The van der Waals surface area contributed by atoms with Gasteiger partial charge in [-0.05, 0) is 182 Å². The standard InChI is InChI=1S/C73H77N3O5/c1-13-15-19-50(10)74-71(44(3)4)70(67-48(8)38-45(5)39-49(67)9)72-63(55-20-17-16-18-21-55)42-64(75-72)56-26-24-53(25-27-56)54-28-33-59(34-29-54)81-66(78)41-52-22-31-58(32-23-52)76(12)73(79)61-36-37-65-69-60(35-30-57(43-77)68(61)69)62(51(11)80-65)40-47(7)46(6)14-2/h13-18,20-26,28,30-40,42-43,50,54,56,64,74-75H,19,27,29,41H2,1-12H3/b15-13-,46-14+,47-40+,72-70-. The van der Waals surface area contributed by atoms with E-state index in [1.807, 2.05) is 56.3 Å². The van der Waals surface area contributed by atoms with Gasteiger partial charge in [0.05, 0.1) is 18.2 Å². The third kappa shape index (κ3) is 12.3. The van der Waals surface area contributed by atoms with E-state index in [1.165, 1.54) is 55.8 Å². The van der Waals surface area contributed by atoms with Crippen LogP contribution in [0.3, 0.4) is 0 Å². The van der Waals surface area contributed by atoms with Crippen molar-refractivity contribution < 1.29 is 23.9 Å². The smallest absolute Gasteiger partial charge is 0.315 e. The molecule has 0 spiro atoms. The molecule has 5 aromatic carbocycles. The first-order valence-corrected chi connectivity index (χ1v) is 28.5. The molecule has 2 aliphatic carbocycles. The van der Waals surface area contributed by atoms with E-state index in [1.54, 1.807) is 30.1 Å². The highest BCUT2D eigenvalue weighted by Gasteiger charge is 2.33. The van der Waals surface area contributed by atoms with Crippen molar-refractivity contribution in [2.24, 2.45) is 11.8 Å². The summed E-state index contributed by atoms with van der Waals surface area (Å²) < 4.78 is 12.2. The van der Waals surface area contributed by atoms with Crippen molar-refractivity contribution in [3.8, 4) is 5.75 Å². The molecule has 0 fully saturated rings. The van der Waals surface area contributed by atoms with Crippen LogP contribution < -0.4 is 20.3 Å². The molecule has 8 nitrogen and oxygen atoms in total. The van der Waals surface area contributed by atoms with E-state index >= 15 is 0 Å². The zero-order chi connectivity index (χ0) is 57.6. The number of hydrogen-bond acceptors (Lipinski definition) is 7. The highest BCUT2D eigenvalue weighted by Crippen LogP contribution is 2.45. The summed E-state index contributed by atoms with van der Waals surface area (Å²) in [6.07, 6.45) is 27.4. The Morgan fingerprint density at radius 3 is 2.23 bits per heavy atom. The van der Waals surface area contributed by atoms with Crippen LogP contribution in [0.5, 0.6) is 5.75 Å². The molecule has 8 heteroatoms. The van der Waals surface area contributed by atoms with Gasteiger partial charge in [-0.15, -0.1) is 0 Å². The molecular weight excluding hydrogens is 999 g/mol. The number of nitrogens with one attached hydrogen (secondary N) is 2. The Labute approximate surface area is 480 Å². The van der Waals surface area contributed by atoms with E-state index in [2.05, 4.69) is 170 Å². The summed E-state index contributed by atoms with van der Waals surface area (Å²) in [7, 11) is 1.71. The lowest BCUT2D eigenvalue weighted by atomic mass is 9.83. The van der Waals surface area contributed by atoms with Gasteiger partial charge in [0.1, 0.15) is 17.3 Å². The van der Waals surface area contributed by atoms with Gasteiger partial charge in [-0.1, -0.05) is 132 Å². The number of aryl methyl sites for hydroxylation is 3. The van der Waals surface area contributed by atoms with Crippen LogP contribution in [0.4, 0.5) is 5.69 Å². The zero-order valence-electron chi connectivity index (χ0n) is 49.2. The Balaban J connectivity index is 0.856. The molecule has 0 aromatic heterocycles. The summed E-state index contributed by atoms with van der Waals surface area (Å²) in [6.45, 7) is 23.5. The van der Waals surface area contributed by atoms with Crippen molar-refractivity contribution >= 4 is 51.3 Å². The summed E-state index contributed by atoms with van der Waals surface area (Å²) in [5.74, 6) is 1.64. The molecule has 81 heavy (non-hydrogen) atoms. The number of benzene rings is 5. The van der Waals surface area contributed by atoms with Crippen molar-refractivity contribution in [1.29, 1.82) is 0 Å². The van der Waals surface area contributed by atoms with Gasteiger partial charge in [-0.25, -0.2) is 0 Å². The first kappa shape index (κ1) is 57.2. The molecular formula is C73H77N3O5. The van der Waals surface area contributed by atoms with Gasteiger partial charge in [0.15, 0.2) is 6.29 Å². The van der Waals surface area contributed by atoms with Crippen LogP contribution in [0.1, 0.15) is 134 Å². The van der Waals surface area contributed by atoms with Crippen molar-refractivity contribution in [3.63, 3.8) is 0 Å². The first-order valence-electron chi connectivity index (χ1n) is 28.5. The minimum Gasteiger partial charge on any atom is -0.461 e. The summed E-state index contributed by atoms with van der Waals surface area (Å²) in [6, 6.07) is 30.3. The SMILES string of the molecule is C/C=C\CC(C)NC(=C(C)C)/C(=C1\NC(C2C=CC(C3C=CC(OC(=O)Cc4ccc(N(C)C(=O)c5ccc6c7c(ccc(C=O)c57)C(/C=C(C)/C(C)=C/C)=C(C)O6)cc4)=CC3)=CC2)C=C1c1ccccc1)c1c(C)cc(C)cc1C. The molecule has 4 aliphatic rings. The molecule has 0 saturated heterocycles. The fraction of sp³-hybridized carbons (Fsp3) is 0.274. The number of carbonyl (C=O) groups excluding carboxylic acids is 3. The maximum atomic E-state index is 14.4. The van der Waals surface area contributed by atoms with Crippen molar-refractivity contribution in [1.82, 2.24) is 10.6 Å². The van der Waals surface area contributed by atoms with Crippen LogP contribution in [0.2, 0.25) is 0 Å². The second-order valence-electron chi connectivity index (χ2n) is 22.4. The molecule has 0 bridgehead atoms. The Morgan fingerprint density at radius 2 is 1.59 bits per heavy atom. The molecule has 2 aliphatic heterocycles. The molecule has 9 rings (SSSR count). The molecule has 2 N–H and O–H groups in total. The van der Waals surface area contributed by atoms with E-state index in [-0.39, 0.29) is 42.2 Å². The number of amides is 1. The number of hydrogen-bond donors (Lipinski definition) is 2. The Morgan fingerprint density at radius 1 is 0.852 bits per heavy atom. The minimum atomic E-state index is -0.366. The molecule has 414 valence electrons. The molecule has 4 unspecified atom stereocenters. The summed E-state index contributed by atoms with van der Waals surface area (Å²) in [4.78, 5) is 41.8. The maximum absolute atomic E-state index is 14.4. The topological polar surface area (TPSA) is 97.0 Å². The van der Waals surface area contributed by atoms with Crippen LogP contribution in [0.25, 0.3) is 27.5 Å². The van der Waals surface area contributed by atoms with Crippen molar-refractivity contribution in [3.05, 3.63) is 253 Å². The number of rotatable bonds is 17. The molecule has 1 amide bonds. The predicted octanol–water partition coefficient (Wildman–Crippen LogP) is 16.6. The number of ether oxygens (including phenoxy) is 2. The third-order valence-electron chi connectivity index (χ3n) is 16.2. The van der Waals surface area contributed by atoms with Crippen LogP contribution >= 0.6 is 0 Å². The van der Waals surface area contributed by atoms with Crippen LogP contribution in [-0.2, 0) is 16.0 Å². The molecule has 2 heterocycles. The van der Waals surface area contributed by atoms with E-state index in [4.69, 9.17) is 9.47 Å². The fourth-order valence-electron chi connectivity index (χ4n) is 11.7. The zero-order valence-corrected chi connectivity index (χ0v) is 49.2. The van der Waals surface area contributed by atoms with E-state index in [9.17, 15) is 14.4 Å². The molecule has 0 radical (unpaired) electrons. The molecule has 0 saturated carbocycles. The van der Waals surface area contributed by atoms with Crippen molar-refractivity contribution in [2.45, 2.75) is 114 Å². The largest absolute Gasteiger partial charge is 0.461 e. The summed E-state index contributed by atoms with van der Waals surface area (Å²) >= 11 is 0. The van der Waals surface area contributed by atoms with Gasteiger partial charge in [0.25, 0.3) is 5.91 Å². The van der Waals surface area contributed by atoms with Gasteiger partial charge in [-0.3, -0.25) is 14.4 Å². The second kappa shape index (κ2) is 24.9. The van der Waals surface area contributed by atoms with Gasteiger partial charge in [0, 0.05) is 74.9 Å². The Kier molecular flexibility index (Phi) is 17.6. The lowest BCUT2D eigenvalue weighted by Crippen LogP contribution is -2.32. The van der Waals surface area contributed by atoms with Crippen molar-refractivity contribution in [2.75, 3.05) is 11.9 Å². The average Bonchev–Trinajstić information content (AvgIpc) is 3.70. The lowest BCUT2D eigenvalue weighted by Gasteiger charge is -2.28. The van der Waals surface area contributed by atoms with Gasteiger partial charge in [-0.2, -0.15) is 0 Å². The summed E-state index contributed by atoms with van der Waals surface area (Å²) in [5.41, 5.74) is 19.7. The van der Waals surface area contributed by atoms with E-state index in [0.29, 0.717) is 33.7 Å². The van der Waals surface area contributed by atoms with Gasteiger partial charge in [0.2, 0.25) is 0 Å². The van der Waals surface area contributed by atoms with Crippen LogP contribution in [-0.4, -0.2) is 37.3 Å². The monoisotopic (exact) mass is 1080 g/mol. The number of allylic oxidation sites excluding steroid dienone is 16. The molecule has 5 aromatic rings. The van der Waals surface area contributed by atoms with E-state index in [0.717, 1.165) is 70.2 Å². The normalized spacial score (nSPS) is 18.9. The number of carbonyl (C=O) groups is 3. The minimum absolute atomic E-state index is 0.0657. The maximum Gasteiger partial charge on any atom is 0.315 e. The number of esters is 1. The van der Waals surface area contributed by atoms with Gasteiger partial charge >= 0.3 is 5.97 Å². The fourth-order valence-corrected chi connectivity index (χ4v) is 11.7. The van der Waals surface area contributed by atoms with Gasteiger partial charge < -0.3 is 25.0 Å². The number of nitrogens with zero attached hydrogens (tertiary/aromatic N) is 1. The predicted molar refractivity (Wildman–Crippen MR) is 335 cm³/mol. The van der Waals surface area contributed by atoms with E-state index < -0.39 is 0 Å². The Bertz CT molecular complexity index is 3650. The second-order valence-corrected chi connectivity index (χ2v) is 22.4. The quantitative estimate of drug-likeness (QED) is 0.0414. The number of anilines is 1. The third-order valence-corrected chi connectivity index (χ3v) is 16.2. The van der Waals surface area contributed by atoms with Crippen LogP contribution in [0, 0.1) is 32.6 Å². The average molecular weight is 1080 g/mol.